The van der Waals surface area contributed by atoms with Crippen molar-refractivity contribution in [2.45, 2.75) is 38.3 Å². The molecule has 1 unspecified atom stereocenters. The molecular weight excluding hydrogens is 378 g/mol. The summed E-state index contributed by atoms with van der Waals surface area (Å²) in [5, 5.41) is 3.55. The lowest BCUT2D eigenvalue weighted by molar-refractivity contribution is 0.171. The van der Waals surface area contributed by atoms with E-state index in [4.69, 9.17) is 21.1 Å². The van der Waals surface area contributed by atoms with Crippen LogP contribution in [-0.4, -0.2) is 35.7 Å². The predicted octanol–water partition coefficient (Wildman–Crippen LogP) is 4.33. The second-order valence-electron chi connectivity index (χ2n) is 7.10. The van der Waals surface area contributed by atoms with E-state index in [2.05, 4.69) is 10.3 Å². The number of hydrogen-bond donors (Lipinski definition) is 1. The maximum atomic E-state index is 13.0. The van der Waals surface area contributed by atoms with E-state index in [-0.39, 0.29) is 12.1 Å². The fourth-order valence-electron chi connectivity index (χ4n) is 3.83. The number of nitrogens with one attached hydrogen (secondary N) is 1. The van der Waals surface area contributed by atoms with E-state index in [1.165, 1.54) is 0 Å². The van der Waals surface area contributed by atoms with Crippen molar-refractivity contribution in [1.29, 1.82) is 0 Å². The Hall–Kier alpha value is -2.47. The second kappa shape index (κ2) is 8.69. The third-order valence-electron chi connectivity index (χ3n) is 5.20. The van der Waals surface area contributed by atoms with Gasteiger partial charge in [0.15, 0.2) is 11.5 Å². The molecule has 2 amide bonds. The van der Waals surface area contributed by atoms with E-state index in [1.54, 1.807) is 12.4 Å². The van der Waals surface area contributed by atoms with Crippen molar-refractivity contribution in [3.63, 3.8) is 0 Å². The number of nitrogens with zero attached hydrogens (tertiary/aromatic N) is 2. The van der Waals surface area contributed by atoms with Gasteiger partial charge in [0.1, 0.15) is 13.2 Å². The van der Waals surface area contributed by atoms with Crippen LogP contribution in [0.15, 0.2) is 36.7 Å². The first-order valence-corrected chi connectivity index (χ1v) is 10.1. The molecule has 2 aromatic rings. The van der Waals surface area contributed by atoms with Gasteiger partial charge in [-0.25, -0.2) is 4.79 Å². The van der Waals surface area contributed by atoms with Gasteiger partial charge in [0.05, 0.1) is 11.1 Å². The summed E-state index contributed by atoms with van der Waals surface area (Å²) in [7, 11) is 0. The summed E-state index contributed by atoms with van der Waals surface area (Å²) < 4.78 is 11.2. The number of fused-ring (bicyclic) bond motifs is 1. The number of urea groups is 1. The lowest BCUT2D eigenvalue weighted by Gasteiger charge is -2.30. The Bertz CT molecular complexity index is 831. The minimum Gasteiger partial charge on any atom is -0.486 e. The molecule has 0 bridgehead atoms. The summed E-state index contributed by atoms with van der Waals surface area (Å²) in [5.41, 5.74) is 2.02. The molecule has 0 radical (unpaired) electrons. The van der Waals surface area contributed by atoms with Gasteiger partial charge >= 0.3 is 6.03 Å². The smallest absolute Gasteiger partial charge is 0.318 e. The number of pyridine rings is 1. The van der Waals surface area contributed by atoms with E-state index in [9.17, 15) is 4.79 Å². The minimum atomic E-state index is -0.0604. The topological polar surface area (TPSA) is 63.7 Å². The Kier molecular flexibility index (Phi) is 5.86. The van der Waals surface area contributed by atoms with Crippen LogP contribution in [0.4, 0.5) is 4.79 Å². The molecule has 0 saturated carbocycles. The van der Waals surface area contributed by atoms with Crippen LogP contribution in [0.1, 0.15) is 42.9 Å². The highest BCUT2D eigenvalue weighted by Crippen LogP contribution is 2.38. The van der Waals surface area contributed by atoms with Gasteiger partial charge < -0.3 is 19.7 Å². The van der Waals surface area contributed by atoms with Crippen molar-refractivity contribution >= 4 is 17.6 Å². The number of ether oxygens (including phenoxy) is 2. The number of carbonyl (C=O) groups is 1. The van der Waals surface area contributed by atoms with Crippen LogP contribution in [0.5, 0.6) is 11.5 Å². The Morgan fingerprint density at radius 3 is 2.86 bits per heavy atom. The summed E-state index contributed by atoms with van der Waals surface area (Å²) in [6.07, 6.45) is 7.82. The van der Waals surface area contributed by atoms with Gasteiger partial charge in [-0.3, -0.25) is 4.98 Å². The van der Waals surface area contributed by atoms with Gasteiger partial charge in [-0.1, -0.05) is 24.4 Å². The van der Waals surface area contributed by atoms with Crippen LogP contribution >= 0.6 is 11.6 Å². The molecule has 1 atom stereocenters. The van der Waals surface area contributed by atoms with Crippen LogP contribution < -0.4 is 14.8 Å². The standard InChI is InChI=1S/C21H24ClN3O3/c22-17-12-15(13-19-20(17)28-11-10-27-19)14-24-21(26)25-9-3-1-2-4-18(25)16-5-7-23-8-6-16/h5-8,12-13,18H,1-4,9-11,14H2,(H,24,26). The number of amides is 2. The molecule has 1 N–H and O–H groups in total. The summed E-state index contributed by atoms with van der Waals surface area (Å²) in [6.45, 7) is 2.13. The Balaban J connectivity index is 1.47. The van der Waals surface area contributed by atoms with Crippen molar-refractivity contribution in [3.8, 4) is 11.5 Å². The van der Waals surface area contributed by atoms with Gasteiger partial charge in [0.2, 0.25) is 0 Å². The Labute approximate surface area is 169 Å². The third-order valence-corrected chi connectivity index (χ3v) is 5.49. The van der Waals surface area contributed by atoms with E-state index in [1.807, 2.05) is 29.2 Å². The molecule has 2 aliphatic heterocycles. The van der Waals surface area contributed by atoms with Crippen LogP contribution in [0.3, 0.4) is 0 Å². The fraction of sp³-hybridized carbons (Fsp3) is 0.429. The normalized spacial score (nSPS) is 19.0. The van der Waals surface area contributed by atoms with Gasteiger partial charge in [0, 0.05) is 25.5 Å². The first-order valence-electron chi connectivity index (χ1n) is 9.75. The number of halogens is 1. The zero-order valence-corrected chi connectivity index (χ0v) is 16.5. The molecule has 1 saturated heterocycles. The molecule has 4 rings (SSSR count). The summed E-state index contributed by atoms with van der Waals surface area (Å²) in [5.74, 6) is 1.21. The van der Waals surface area contributed by atoms with Crippen molar-refractivity contribution in [1.82, 2.24) is 15.2 Å². The summed E-state index contributed by atoms with van der Waals surface area (Å²) in [6, 6.07) is 7.71. The van der Waals surface area contributed by atoms with E-state index in [0.717, 1.165) is 43.4 Å². The molecular formula is C21H24ClN3O3. The molecule has 3 heterocycles. The maximum Gasteiger partial charge on any atom is 0.318 e. The first kappa shape index (κ1) is 18.9. The van der Waals surface area contributed by atoms with Gasteiger partial charge in [-0.2, -0.15) is 0 Å². The molecule has 0 spiro atoms. The number of benzene rings is 1. The zero-order valence-electron chi connectivity index (χ0n) is 15.7. The average Bonchev–Trinajstić information content (AvgIpc) is 2.99. The van der Waals surface area contributed by atoms with E-state index in [0.29, 0.717) is 36.3 Å². The minimum absolute atomic E-state index is 0.0604. The van der Waals surface area contributed by atoms with Crippen LogP contribution in [0.2, 0.25) is 5.02 Å². The Morgan fingerprint density at radius 2 is 2.00 bits per heavy atom. The van der Waals surface area contributed by atoms with Crippen LogP contribution in [0.25, 0.3) is 0 Å². The van der Waals surface area contributed by atoms with Crippen molar-refractivity contribution in [3.05, 3.63) is 52.8 Å². The number of rotatable bonds is 3. The van der Waals surface area contributed by atoms with Gasteiger partial charge in [0.25, 0.3) is 0 Å². The highest BCUT2D eigenvalue weighted by atomic mass is 35.5. The van der Waals surface area contributed by atoms with Gasteiger partial charge in [-0.05, 0) is 48.2 Å². The number of hydrogen-bond acceptors (Lipinski definition) is 4. The molecule has 1 aromatic heterocycles. The number of carbonyl (C=O) groups excluding carboxylic acids is 1. The largest absolute Gasteiger partial charge is 0.486 e. The molecule has 1 fully saturated rings. The lowest BCUT2D eigenvalue weighted by Crippen LogP contribution is -2.42. The molecule has 28 heavy (non-hydrogen) atoms. The van der Waals surface area contributed by atoms with Crippen molar-refractivity contribution < 1.29 is 14.3 Å². The van der Waals surface area contributed by atoms with Crippen LogP contribution in [-0.2, 0) is 6.54 Å². The molecule has 1 aromatic carbocycles. The quantitative estimate of drug-likeness (QED) is 0.831. The molecule has 2 aliphatic rings. The summed E-state index contributed by atoms with van der Waals surface area (Å²) in [4.78, 5) is 19.0. The number of aromatic nitrogens is 1. The molecule has 6 nitrogen and oxygen atoms in total. The SMILES string of the molecule is O=C(NCc1cc(Cl)c2c(c1)OCCO2)N1CCCCCC1c1ccncc1. The first-order chi connectivity index (χ1) is 13.7. The van der Waals surface area contributed by atoms with Crippen LogP contribution in [0, 0.1) is 0 Å². The predicted molar refractivity (Wildman–Crippen MR) is 107 cm³/mol. The molecule has 7 heteroatoms. The van der Waals surface area contributed by atoms with E-state index >= 15 is 0 Å². The second-order valence-corrected chi connectivity index (χ2v) is 7.51. The summed E-state index contributed by atoms with van der Waals surface area (Å²) >= 11 is 6.30. The third kappa shape index (κ3) is 4.17. The molecule has 148 valence electrons. The molecule has 0 aliphatic carbocycles. The highest BCUT2D eigenvalue weighted by molar-refractivity contribution is 6.32. The highest BCUT2D eigenvalue weighted by Gasteiger charge is 2.27. The monoisotopic (exact) mass is 401 g/mol. The van der Waals surface area contributed by atoms with Crippen molar-refractivity contribution in [2.75, 3.05) is 19.8 Å². The number of likely N-dealkylation sites (tertiary alicyclic amines) is 1. The Morgan fingerprint density at radius 1 is 1.18 bits per heavy atom. The maximum absolute atomic E-state index is 13.0. The average molecular weight is 402 g/mol. The zero-order chi connectivity index (χ0) is 19.3. The lowest BCUT2D eigenvalue weighted by atomic mass is 10.0. The van der Waals surface area contributed by atoms with E-state index < -0.39 is 0 Å². The fourth-order valence-corrected chi connectivity index (χ4v) is 4.12. The van der Waals surface area contributed by atoms with Crippen molar-refractivity contribution in [2.24, 2.45) is 0 Å². The van der Waals surface area contributed by atoms with Gasteiger partial charge in [-0.15, -0.1) is 0 Å².